The topological polar surface area (TPSA) is 55.5 Å². The normalized spacial score (nSPS) is 10.2. The molecule has 0 bridgehead atoms. The maximum absolute atomic E-state index is 10.3. The van der Waals surface area contributed by atoms with Gasteiger partial charge < -0.3 is 4.42 Å². The summed E-state index contributed by atoms with van der Waals surface area (Å²) in [4.78, 5) is 18.3. The lowest BCUT2D eigenvalue weighted by Gasteiger charge is -1.92. The Morgan fingerprint density at radius 1 is 1.06 bits per heavy atom. The number of isocyanates is 1. The van der Waals surface area contributed by atoms with Gasteiger partial charge in [-0.3, -0.25) is 0 Å². The van der Waals surface area contributed by atoms with Crippen LogP contribution in [0.1, 0.15) is 0 Å². The van der Waals surface area contributed by atoms with E-state index in [0.29, 0.717) is 22.7 Å². The Morgan fingerprint density at radius 2 is 1.89 bits per heavy atom. The van der Waals surface area contributed by atoms with Crippen molar-refractivity contribution in [2.45, 2.75) is 0 Å². The lowest BCUT2D eigenvalue weighted by atomic mass is 10.2. The lowest BCUT2D eigenvalue weighted by molar-refractivity contribution is 0.565. The summed E-state index contributed by atoms with van der Waals surface area (Å²) in [6.07, 6.45) is 1.51. The molecule has 1 heterocycles. The molecule has 0 unspecified atom stereocenters. The molecule has 18 heavy (non-hydrogen) atoms. The highest BCUT2D eigenvalue weighted by Crippen LogP contribution is 2.30. The Kier molecular flexibility index (Phi) is 2.48. The lowest BCUT2D eigenvalue weighted by Crippen LogP contribution is -1.74. The van der Waals surface area contributed by atoms with Gasteiger partial charge in [0.1, 0.15) is 11.2 Å². The zero-order chi connectivity index (χ0) is 12.4. The first-order chi connectivity index (χ1) is 8.88. The minimum atomic E-state index is 0.442. The summed E-state index contributed by atoms with van der Waals surface area (Å²) in [6.45, 7) is 0. The van der Waals surface area contributed by atoms with Crippen LogP contribution in [0.15, 0.2) is 57.9 Å². The molecule has 0 saturated heterocycles. The van der Waals surface area contributed by atoms with Crippen LogP contribution in [0.4, 0.5) is 5.69 Å². The molecule has 0 aliphatic rings. The van der Waals surface area contributed by atoms with Gasteiger partial charge in [0.15, 0.2) is 5.58 Å². The van der Waals surface area contributed by atoms with E-state index in [4.69, 9.17) is 4.42 Å². The predicted octanol–water partition coefficient (Wildman–Crippen LogP) is 3.46. The largest absolute Gasteiger partial charge is 0.434 e. The highest BCUT2D eigenvalue weighted by Gasteiger charge is 2.10. The van der Waals surface area contributed by atoms with Gasteiger partial charge in [-0.15, -0.1) is 0 Å². The number of carbonyl (C=O) groups excluding carboxylic acids is 1. The van der Waals surface area contributed by atoms with Crippen LogP contribution >= 0.6 is 0 Å². The number of rotatable bonds is 2. The summed E-state index contributed by atoms with van der Waals surface area (Å²) < 4.78 is 5.65. The number of benzene rings is 2. The van der Waals surface area contributed by atoms with Gasteiger partial charge in [0.25, 0.3) is 0 Å². The molecule has 0 atom stereocenters. The van der Waals surface area contributed by atoms with Crippen molar-refractivity contribution in [2.75, 3.05) is 0 Å². The fourth-order valence-corrected chi connectivity index (χ4v) is 1.78. The van der Waals surface area contributed by atoms with Crippen LogP contribution in [0.25, 0.3) is 22.6 Å². The van der Waals surface area contributed by atoms with Gasteiger partial charge in [0, 0.05) is 5.56 Å². The average Bonchev–Trinajstić information content (AvgIpc) is 2.85. The maximum atomic E-state index is 10.3. The first-order valence-electron chi connectivity index (χ1n) is 5.41. The monoisotopic (exact) mass is 236 g/mol. The van der Waals surface area contributed by atoms with E-state index in [-0.39, 0.29) is 0 Å². The van der Waals surface area contributed by atoms with Crippen LogP contribution in [-0.2, 0) is 4.79 Å². The van der Waals surface area contributed by atoms with Crippen molar-refractivity contribution in [3.05, 3.63) is 48.5 Å². The molecule has 2 aromatic carbocycles. The zero-order valence-electron chi connectivity index (χ0n) is 9.33. The van der Waals surface area contributed by atoms with Gasteiger partial charge >= 0.3 is 0 Å². The predicted molar refractivity (Wildman–Crippen MR) is 67.2 cm³/mol. The highest BCUT2D eigenvalue weighted by molar-refractivity contribution is 5.87. The second-order valence-corrected chi connectivity index (χ2v) is 3.71. The molecule has 0 aliphatic carbocycles. The number of oxazole rings is 1. The highest BCUT2D eigenvalue weighted by atomic mass is 16.3. The molecule has 0 N–H and O–H groups in total. The molecule has 4 heteroatoms. The standard InChI is InChI=1S/C14H8N2O2/c17-9-15-11-7-4-8-12-13(11)18-14(16-12)10-5-2-1-3-6-10/h1-8H. The first-order valence-corrected chi connectivity index (χ1v) is 5.41. The Bertz CT molecular complexity index is 741. The van der Waals surface area contributed by atoms with E-state index in [1.54, 1.807) is 12.1 Å². The van der Waals surface area contributed by atoms with Gasteiger partial charge in [-0.05, 0) is 24.3 Å². The van der Waals surface area contributed by atoms with Crippen molar-refractivity contribution >= 4 is 22.9 Å². The number of aromatic nitrogens is 1. The molecular formula is C14H8N2O2. The van der Waals surface area contributed by atoms with E-state index >= 15 is 0 Å². The minimum absolute atomic E-state index is 0.442. The maximum Gasteiger partial charge on any atom is 0.240 e. The van der Waals surface area contributed by atoms with E-state index in [1.165, 1.54) is 6.08 Å². The molecular weight excluding hydrogens is 228 g/mol. The smallest absolute Gasteiger partial charge is 0.240 e. The zero-order valence-corrected chi connectivity index (χ0v) is 9.33. The van der Waals surface area contributed by atoms with Crippen molar-refractivity contribution in [3.8, 4) is 11.5 Å². The quantitative estimate of drug-likeness (QED) is 0.505. The summed E-state index contributed by atoms with van der Waals surface area (Å²) in [7, 11) is 0. The van der Waals surface area contributed by atoms with Crippen LogP contribution in [0.2, 0.25) is 0 Å². The molecule has 0 radical (unpaired) electrons. The third kappa shape index (κ3) is 1.71. The van der Waals surface area contributed by atoms with Gasteiger partial charge in [0.05, 0.1) is 0 Å². The average molecular weight is 236 g/mol. The molecule has 3 rings (SSSR count). The minimum Gasteiger partial charge on any atom is -0.434 e. The summed E-state index contributed by atoms with van der Waals surface area (Å²) in [5.41, 5.74) is 2.50. The molecule has 4 nitrogen and oxygen atoms in total. The third-order valence-electron chi connectivity index (χ3n) is 2.58. The number of nitrogens with zero attached hydrogens (tertiary/aromatic N) is 2. The van der Waals surface area contributed by atoms with E-state index < -0.39 is 0 Å². The van der Waals surface area contributed by atoms with Gasteiger partial charge in [-0.2, -0.15) is 4.99 Å². The van der Waals surface area contributed by atoms with Gasteiger partial charge in [0.2, 0.25) is 12.0 Å². The van der Waals surface area contributed by atoms with Gasteiger partial charge in [-0.1, -0.05) is 24.3 Å². The van der Waals surface area contributed by atoms with E-state index in [9.17, 15) is 4.79 Å². The Labute approximate surface area is 103 Å². The SMILES string of the molecule is O=C=Nc1cccc2nc(-c3ccccc3)oc12. The molecule has 3 aromatic rings. The second kappa shape index (κ2) is 4.28. The van der Waals surface area contributed by atoms with Crippen LogP contribution in [0, 0.1) is 0 Å². The van der Waals surface area contributed by atoms with Crippen molar-refractivity contribution in [3.63, 3.8) is 0 Å². The van der Waals surface area contributed by atoms with E-state index in [0.717, 1.165) is 5.56 Å². The van der Waals surface area contributed by atoms with Crippen LogP contribution < -0.4 is 0 Å². The summed E-state index contributed by atoms with van der Waals surface area (Å²) in [5.74, 6) is 0.513. The molecule has 0 amide bonds. The molecule has 1 aromatic heterocycles. The Balaban J connectivity index is 2.23. The molecule has 0 spiro atoms. The Morgan fingerprint density at radius 3 is 2.67 bits per heavy atom. The molecule has 0 saturated carbocycles. The van der Waals surface area contributed by atoms with Crippen molar-refractivity contribution in [1.29, 1.82) is 0 Å². The molecule has 0 fully saturated rings. The molecule has 86 valence electrons. The summed E-state index contributed by atoms with van der Waals surface area (Å²) in [5, 5.41) is 0. The van der Waals surface area contributed by atoms with Gasteiger partial charge in [-0.25, -0.2) is 9.78 Å². The number of para-hydroxylation sites is 1. The second-order valence-electron chi connectivity index (χ2n) is 3.71. The summed E-state index contributed by atoms with van der Waals surface area (Å²) >= 11 is 0. The van der Waals surface area contributed by atoms with Crippen LogP contribution in [0.3, 0.4) is 0 Å². The number of fused-ring (bicyclic) bond motifs is 1. The van der Waals surface area contributed by atoms with Crippen LogP contribution in [-0.4, -0.2) is 11.1 Å². The van der Waals surface area contributed by atoms with Crippen LogP contribution in [0.5, 0.6) is 0 Å². The first kappa shape index (κ1) is 10.4. The molecule has 0 aliphatic heterocycles. The summed E-state index contributed by atoms with van der Waals surface area (Å²) in [6, 6.07) is 14.8. The van der Waals surface area contributed by atoms with Crippen molar-refractivity contribution in [1.82, 2.24) is 4.98 Å². The number of hydrogen-bond donors (Lipinski definition) is 0. The number of hydrogen-bond acceptors (Lipinski definition) is 4. The third-order valence-corrected chi connectivity index (χ3v) is 2.58. The van der Waals surface area contributed by atoms with E-state index in [2.05, 4.69) is 9.98 Å². The Hall–Kier alpha value is -2.71. The number of aliphatic imine (C=N–C) groups is 1. The fourth-order valence-electron chi connectivity index (χ4n) is 1.78. The van der Waals surface area contributed by atoms with Crippen molar-refractivity contribution in [2.24, 2.45) is 4.99 Å². The fraction of sp³-hybridized carbons (Fsp3) is 0. The van der Waals surface area contributed by atoms with E-state index in [1.807, 2.05) is 36.4 Å². The van der Waals surface area contributed by atoms with Crippen molar-refractivity contribution < 1.29 is 9.21 Å².